The number of hydrogen-bond donors (Lipinski definition) is 1. The molecule has 0 aliphatic rings. The lowest BCUT2D eigenvalue weighted by Gasteiger charge is -2.01. The first-order valence-corrected chi connectivity index (χ1v) is 3.49. The third-order valence-corrected chi connectivity index (χ3v) is 1.59. The molecule has 0 bridgehead atoms. The lowest BCUT2D eigenvalue weighted by Crippen LogP contribution is -2.01. The number of ether oxygens (including phenoxy) is 1. The van der Waals surface area contributed by atoms with Gasteiger partial charge in [-0.15, -0.1) is 0 Å². The SMILES string of the molecule is Nc1nc(Cl)c(Cl)nc1OC=O. The van der Waals surface area contributed by atoms with Gasteiger partial charge in [0, 0.05) is 0 Å². The highest BCUT2D eigenvalue weighted by atomic mass is 35.5. The fourth-order valence-corrected chi connectivity index (χ4v) is 0.777. The number of nitrogens with two attached hydrogens (primary N) is 1. The van der Waals surface area contributed by atoms with Gasteiger partial charge in [-0.05, 0) is 0 Å². The number of nitrogens with zero attached hydrogens (tertiary/aromatic N) is 2. The van der Waals surface area contributed by atoms with Gasteiger partial charge in [0.2, 0.25) is 0 Å². The summed E-state index contributed by atoms with van der Waals surface area (Å²) in [6.45, 7) is 0.171. The summed E-state index contributed by atoms with van der Waals surface area (Å²) in [5.74, 6) is -0.240. The quantitative estimate of drug-likeness (QED) is 0.730. The maximum Gasteiger partial charge on any atom is 0.299 e. The molecule has 0 aromatic carbocycles. The van der Waals surface area contributed by atoms with E-state index in [4.69, 9.17) is 28.9 Å². The van der Waals surface area contributed by atoms with Crippen LogP contribution >= 0.6 is 23.2 Å². The van der Waals surface area contributed by atoms with Gasteiger partial charge in [-0.2, -0.15) is 4.98 Å². The monoisotopic (exact) mass is 207 g/mol. The Kier molecular flexibility index (Phi) is 2.67. The Balaban J connectivity index is 3.13. The second-order valence-corrected chi connectivity index (χ2v) is 2.43. The Bertz CT molecular complexity index is 318. The van der Waals surface area contributed by atoms with E-state index in [1.54, 1.807) is 0 Å². The van der Waals surface area contributed by atoms with Gasteiger partial charge in [0.05, 0.1) is 0 Å². The molecule has 0 radical (unpaired) electrons. The number of hydrogen-bond acceptors (Lipinski definition) is 5. The summed E-state index contributed by atoms with van der Waals surface area (Å²) < 4.78 is 4.35. The van der Waals surface area contributed by atoms with Gasteiger partial charge in [0.15, 0.2) is 16.1 Å². The molecule has 0 fully saturated rings. The molecule has 1 rings (SSSR count). The molecule has 0 unspecified atom stereocenters. The van der Waals surface area contributed by atoms with E-state index in [0.29, 0.717) is 0 Å². The van der Waals surface area contributed by atoms with Crippen molar-refractivity contribution in [2.45, 2.75) is 0 Å². The van der Waals surface area contributed by atoms with Gasteiger partial charge in [-0.25, -0.2) is 4.98 Å². The maximum absolute atomic E-state index is 9.90. The molecule has 0 spiro atoms. The first-order chi connectivity index (χ1) is 5.65. The van der Waals surface area contributed by atoms with Gasteiger partial charge in [-0.1, -0.05) is 23.2 Å². The van der Waals surface area contributed by atoms with E-state index in [1.165, 1.54) is 0 Å². The molecule has 0 aliphatic carbocycles. The van der Waals surface area contributed by atoms with Crippen LogP contribution in [-0.2, 0) is 4.79 Å². The van der Waals surface area contributed by atoms with Gasteiger partial charge < -0.3 is 10.5 Å². The second kappa shape index (κ2) is 3.55. The molecule has 2 N–H and O–H groups in total. The van der Waals surface area contributed by atoms with E-state index in [0.717, 1.165) is 0 Å². The predicted molar refractivity (Wildman–Crippen MR) is 43.2 cm³/mol. The Morgan fingerprint density at radius 2 is 1.92 bits per heavy atom. The minimum Gasteiger partial charge on any atom is -0.406 e. The van der Waals surface area contributed by atoms with Gasteiger partial charge in [0.25, 0.3) is 12.4 Å². The smallest absolute Gasteiger partial charge is 0.299 e. The first-order valence-electron chi connectivity index (χ1n) is 2.74. The van der Waals surface area contributed by atoms with Gasteiger partial charge in [0.1, 0.15) is 0 Å². The van der Waals surface area contributed by atoms with Crippen molar-refractivity contribution in [2.75, 3.05) is 5.73 Å². The maximum atomic E-state index is 9.90. The molecule has 12 heavy (non-hydrogen) atoms. The van der Waals surface area contributed by atoms with Crippen LogP contribution in [0.4, 0.5) is 5.82 Å². The molecule has 0 atom stereocenters. The predicted octanol–water partition coefficient (Wildman–Crippen LogP) is 0.901. The third kappa shape index (κ3) is 1.75. The summed E-state index contributed by atoms with van der Waals surface area (Å²) in [4.78, 5) is 17.0. The van der Waals surface area contributed by atoms with E-state index in [9.17, 15) is 4.79 Å². The minimum atomic E-state index is -0.153. The number of halogens is 2. The Morgan fingerprint density at radius 3 is 2.50 bits per heavy atom. The average molecular weight is 208 g/mol. The summed E-state index contributed by atoms with van der Waals surface area (Å²) in [6.07, 6.45) is 0. The number of nitrogen functional groups attached to an aromatic ring is 1. The van der Waals surface area contributed by atoms with Crippen LogP contribution in [0.5, 0.6) is 5.88 Å². The number of rotatable bonds is 2. The molecule has 5 nitrogen and oxygen atoms in total. The van der Waals surface area contributed by atoms with Gasteiger partial charge >= 0.3 is 0 Å². The number of aromatic nitrogens is 2. The van der Waals surface area contributed by atoms with E-state index >= 15 is 0 Å². The van der Waals surface area contributed by atoms with Crippen LogP contribution in [0.2, 0.25) is 10.3 Å². The summed E-state index contributed by atoms with van der Waals surface area (Å²) in [7, 11) is 0. The molecule has 0 saturated heterocycles. The van der Waals surface area contributed by atoms with E-state index in [2.05, 4.69) is 14.7 Å². The second-order valence-electron chi connectivity index (χ2n) is 1.71. The molecule has 1 aromatic heterocycles. The summed E-state index contributed by atoms with van der Waals surface area (Å²) in [5.41, 5.74) is 5.28. The normalized spacial score (nSPS) is 9.50. The molecule has 7 heteroatoms. The Labute approximate surface area is 77.5 Å². The van der Waals surface area contributed by atoms with E-state index < -0.39 is 0 Å². The van der Waals surface area contributed by atoms with Crippen molar-refractivity contribution in [3.05, 3.63) is 10.3 Å². The van der Waals surface area contributed by atoms with Crippen LogP contribution in [0, 0.1) is 0 Å². The third-order valence-electron chi connectivity index (χ3n) is 0.967. The zero-order valence-corrected chi connectivity index (χ0v) is 7.13. The van der Waals surface area contributed by atoms with Crippen LogP contribution < -0.4 is 10.5 Å². The lowest BCUT2D eigenvalue weighted by atomic mass is 10.6. The largest absolute Gasteiger partial charge is 0.406 e. The highest BCUT2D eigenvalue weighted by Gasteiger charge is 2.08. The summed E-state index contributed by atoms with van der Waals surface area (Å²) in [5, 5.41) is -0.102. The zero-order valence-electron chi connectivity index (χ0n) is 5.62. The van der Waals surface area contributed by atoms with Crippen molar-refractivity contribution < 1.29 is 9.53 Å². The molecule has 0 aliphatic heterocycles. The molecule has 1 heterocycles. The highest BCUT2D eigenvalue weighted by Crippen LogP contribution is 2.24. The van der Waals surface area contributed by atoms with Crippen molar-refractivity contribution in [1.29, 1.82) is 0 Å². The highest BCUT2D eigenvalue weighted by molar-refractivity contribution is 6.40. The van der Waals surface area contributed by atoms with Crippen molar-refractivity contribution in [2.24, 2.45) is 0 Å². The van der Waals surface area contributed by atoms with E-state index in [-0.39, 0.29) is 28.5 Å². The minimum absolute atomic E-state index is 0.0348. The Hall–Kier alpha value is -1.07. The molecule has 64 valence electrons. The molecule has 0 amide bonds. The van der Waals surface area contributed by atoms with Crippen molar-refractivity contribution in [1.82, 2.24) is 9.97 Å². The number of carbonyl (C=O) groups is 1. The molecule has 0 saturated carbocycles. The van der Waals surface area contributed by atoms with E-state index in [1.807, 2.05) is 0 Å². The van der Waals surface area contributed by atoms with Crippen LogP contribution in [0.25, 0.3) is 0 Å². The van der Waals surface area contributed by atoms with Gasteiger partial charge in [-0.3, -0.25) is 4.79 Å². The van der Waals surface area contributed by atoms with Crippen molar-refractivity contribution in [3.8, 4) is 5.88 Å². The summed E-state index contributed by atoms with van der Waals surface area (Å²) >= 11 is 10.9. The van der Waals surface area contributed by atoms with Crippen LogP contribution in [-0.4, -0.2) is 16.4 Å². The van der Waals surface area contributed by atoms with Crippen molar-refractivity contribution in [3.63, 3.8) is 0 Å². The first kappa shape index (κ1) is 9.02. The fourth-order valence-electron chi connectivity index (χ4n) is 0.525. The average Bonchev–Trinajstić information content (AvgIpc) is 2.01. The molecular formula is C5H3Cl2N3O2. The fraction of sp³-hybridized carbons (Fsp3) is 0. The van der Waals surface area contributed by atoms with Crippen LogP contribution in [0.3, 0.4) is 0 Å². The van der Waals surface area contributed by atoms with Crippen LogP contribution in [0.1, 0.15) is 0 Å². The molecular weight excluding hydrogens is 205 g/mol. The van der Waals surface area contributed by atoms with Crippen LogP contribution in [0.15, 0.2) is 0 Å². The number of anilines is 1. The topological polar surface area (TPSA) is 78.1 Å². The number of carbonyl (C=O) groups excluding carboxylic acids is 1. The van der Waals surface area contributed by atoms with Crippen molar-refractivity contribution >= 4 is 35.5 Å². The standard InChI is InChI=1S/C5H3Cl2N3O2/c6-2-3(7)10-5(12-1-11)4(8)9-2/h1H,(H2,8,9). The lowest BCUT2D eigenvalue weighted by molar-refractivity contribution is -0.120. The summed E-state index contributed by atoms with van der Waals surface area (Å²) in [6, 6.07) is 0. The Morgan fingerprint density at radius 1 is 1.33 bits per heavy atom. The zero-order chi connectivity index (χ0) is 9.14. The molecule has 1 aromatic rings.